The molecule has 0 aromatic heterocycles. The minimum Gasteiger partial charge on any atom is -0.383 e. The van der Waals surface area contributed by atoms with Gasteiger partial charge in [0.2, 0.25) is 0 Å². The number of hydrazine groups is 1. The fraction of sp³-hybridized carbons (Fsp3) is 0.917. The van der Waals surface area contributed by atoms with Crippen LogP contribution in [0.15, 0.2) is 4.99 Å². The molecule has 4 nitrogen and oxygen atoms in total. The van der Waals surface area contributed by atoms with Crippen LogP contribution in [0.5, 0.6) is 0 Å². The van der Waals surface area contributed by atoms with Crippen molar-refractivity contribution < 1.29 is 4.74 Å². The molecule has 0 bridgehead atoms. The van der Waals surface area contributed by atoms with E-state index in [9.17, 15) is 0 Å². The Hall–Kier alpha value is -0.610. The number of nitrogens with two attached hydrogens (primary N) is 1. The molecule has 4 heteroatoms. The first-order valence-electron chi connectivity index (χ1n) is 6.38. The van der Waals surface area contributed by atoms with Gasteiger partial charge in [0.1, 0.15) is 5.84 Å². The van der Waals surface area contributed by atoms with Crippen LogP contribution >= 0.6 is 0 Å². The van der Waals surface area contributed by atoms with Crippen molar-refractivity contribution in [2.45, 2.75) is 44.9 Å². The van der Waals surface area contributed by atoms with Gasteiger partial charge in [-0.3, -0.25) is 4.99 Å². The predicted molar refractivity (Wildman–Crippen MR) is 67.3 cm³/mol. The number of nitrogens with one attached hydrogen (secondary N) is 1. The summed E-state index contributed by atoms with van der Waals surface area (Å²) in [5.41, 5.74) is 2.77. The Balaban J connectivity index is 2.44. The van der Waals surface area contributed by atoms with Gasteiger partial charge in [-0.05, 0) is 12.8 Å². The van der Waals surface area contributed by atoms with E-state index in [4.69, 9.17) is 10.6 Å². The molecular weight excluding hydrogens is 202 g/mol. The second kappa shape index (κ2) is 8.53. The lowest BCUT2D eigenvalue weighted by Gasteiger charge is -2.21. The first-order chi connectivity index (χ1) is 7.88. The van der Waals surface area contributed by atoms with Crippen LogP contribution in [0.25, 0.3) is 0 Å². The molecule has 94 valence electrons. The first kappa shape index (κ1) is 13.5. The highest BCUT2D eigenvalue weighted by Gasteiger charge is 2.16. The smallest absolute Gasteiger partial charge is 0.113 e. The van der Waals surface area contributed by atoms with Gasteiger partial charge in [0.05, 0.1) is 13.2 Å². The molecule has 0 aromatic carbocycles. The van der Waals surface area contributed by atoms with Crippen LogP contribution < -0.4 is 11.3 Å². The van der Waals surface area contributed by atoms with Crippen molar-refractivity contribution in [1.82, 2.24) is 5.43 Å². The van der Waals surface area contributed by atoms with Gasteiger partial charge in [-0.15, -0.1) is 0 Å². The van der Waals surface area contributed by atoms with Crippen molar-refractivity contribution in [2.75, 3.05) is 20.3 Å². The largest absolute Gasteiger partial charge is 0.383 e. The molecule has 0 saturated heterocycles. The molecule has 0 atom stereocenters. The van der Waals surface area contributed by atoms with Crippen LogP contribution in [-0.2, 0) is 4.74 Å². The van der Waals surface area contributed by atoms with Crippen molar-refractivity contribution in [1.29, 1.82) is 0 Å². The van der Waals surface area contributed by atoms with Gasteiger partial charge in [0.25, 0.3) is 0 Å². The Morgan fingerprint density at radius 2 is 1.88 bits per heavy atom. The van der Waals surface area contributed by atoms with Crippen LogP contribution in [0, 0.1) is 5.92 Å². The molecule has 3 N–H and O–H groups in total. The van der Waals surface area contributed by atoms with Gasteiger partial charge in [-0.2, -0.15) is 0 Å². The topological polar surface area (TPSA) is 59.6 Å². The number of aliphatic imine (C=N–C) groups is 1. The normalized spacial score (nSPS) is 20.2. The summed E-state index contributed by atoms with van der Waals surface area (Å²) in [5, 5.41) is 0. The van der Waals surface area contributed by atoms with E-state index in [1.807, 2.05) is 0 Å². The van der Waals surface area contributed by atoms with E-state index >= 15 is 0 Å². The number of hydrogen-bond donors (Lipinski definition) is 2. The van der Waals surface area contributed by atoms with Crippen LogP contribution in [0.1, 0.15) is 44.9 Å². The van der Waals surface area contributed by atoms with E-state index in [2.05, 4.69) is 10.4 Å². The molecule has 0 unspecified atom stereocenters. The summed E-state index contributed by atoms with van der Waals surface area (Å²) in [6.07, 6.45) is 9.13. The molecule has 1 fully saturated rings. The molecule has 1 aliphatic rings. The molecule has 1 saturated carbocycles. The SMILES string of the molecule is COCCN=C(NN)C1CCCCCCC1. The maximum atomic E-state index is 5.55. The van der Waals surface area contributed by atoms with E-state index in [0.29, 0.717) is 19.1 Å². The van der Waals surface area contributed by atoms with Crippen LogP contribution in [0.4, 0.5) is 0 Å². The summed E-state index contributed by atoms with van der Waals surface area (Å²) in [6.45, 7) is 1.37. The summed E-state index contributed by atoms with van der Waals surface area (Å²) < 4.78 is 4.99. The van der Waals surface area contributed by atoms with E-state index in [0.717, 1.165) is 5.84 Å². The average molecular weight is 227 g/mol. The molecule has 0 spiro atoms. The van der Waals surface area contributed by atoms with E-state index in [-0.39, 0.29) is 0 Å². The van der Waals surface area contributed by atoms with Gasteiger partial charge in [0.15, 0.2) is 0 Å². The molecule has 16 heavy (non-hydrogen) atoms. The summed E-state index contributed by atoms with van der Waals surface area (Å²) in [6, 6.07) is 0. The second-order valence-corrected chi connectivity index (χ2v) is 4.45. The number of ether oxygens (including phenoxy) is 1. The zero-order valence-electron chi connectivity index (χ0n) is 10.4. The van der Waals surface area contributed by atoms with Crippen LogP contribution in [0.3, 0.4) is 0 Å². The summed E-state index contributed by atoms with van der Waals surface area (Å²) in [7, 11) is 1.70. The van der Waals surface area contributed by atoms with Gasteiger partial charge >= 0.3 is 0 Å². The third kappa shape index (κ3) is 4.94. The van der Waals surface area contributed by atoms with E-state index in [1.165, 1.54) is 44.9 Å². The van der Waals surface area contributed by atoms with Crippen LogP contribution in [0.2, 0.25) is 0 Å². The van der Waals surface area contributed by atoms with Crippen LogP contribution in [-0.4, -0.2) is 26.1 Å². The number of amidine groups is 1. The Kier molecular flexibility index (Phi) is 7.17. The standard InChI is InChI=1S/C12H25N3O/c1-16-10-9-14-12(15-13)11-7-5-3-2-4-6-8-11/h11H,2-10,13H2,1H3,(H,14,15). The molecule has 0 amide bonds. The van der Waals surface area contributed by atoms with Crippen molar-refractivity contribution in [3.8, 4) is 0 Å². The maximum absolute atomic E-state index is 5.55. The van der Waals surface area contributed by atoms with Gasteiger partial charge < -0.3 is 10.2 Å². The van der Waals surface area contributed by atoms with E-state index in [1.54, 1.807) is 7.11 Å². The van der Waals surface area contributed by atoms with Gasteiger partial charge in [-0.1, -0.05) is 32.1 Å². The zero-order valence-corrected chi connectivity index (χ0v) is 10.4. The molecule has 0 heterocycles. The molecule has 0 radical (unpaired) electrons. The minimum absolute atomic E-state index is 0.530. The highest BCUT2D eigenvalue weighted by atomic mass is 16.5. The van der Waals surface area contributed by atoms with Gasteiger partial charge in [-0.25, -0.2) is 5.84 Å². The number of hydrogen-bond acceptors (Lipinski definition) is 3. The molecule has 1 rings (SSSR count). The zero-order chi connectivity index (χ0) is 11.6. The Bertz CT molecular complexity index is 198. The molecule has 1 aliphatic carbocycles. The third-order valence-corrected chi connectivity index (χ3v) is 3.22. The van der Waals surface area contributed by atoms with Crippen molar-refractivity contribution in [3.63, 3.8) is 0 Å². The molecule has 0 aromatic rings. The van der Waals surface area contributed by atoms with Gasteiger partial charge in [0, 0.05) is 13.0 Å². The lowest BCUT2D eigenvalue weighted by molar-refractivity contribution is 0.207. The average Bonchev–Trinajstić information content (AvgIpc) is 2.25. The van der Waals surface area contributed by atoms with E-state index < -0.39 is 0 Å². The summed E-state index contributed by atoms with van der Waals surface area (Å²) in [5.74, 6) is 7.06. The second-order valence-electron chi connectivity index (χ2n) is 4.45. The number of methoxy groups -OCH3 is 1. The highest BCUT2D eigenvalue weighted by Crippen LogP contribution is 2.22. The number of nitrogens with zero attached hydrogens (tertiary/aromatic N) is 1. The summed E-state index contributed by atoms with van der Waals surface area (Å²) in [4.78, 5) is 4.48. The number of rotatable bonds is 4. The lowest BCUT2D eigenvalue weighted by atomic mass is 9.90. The Morgan fingerprint density at radius 1 is 1.25 bits per heavy atom. The fourth-order valence-electron chi connectivity index (χ4n) is 2.28. The monoisotopic (exact) mass is 227 g/mol. The first-order valence-corrected chi connectivity index (χ1v) is 6.38. The predicted octanol–water partition coefficient (Wildman–Crippen LogP) is 1.86. The molecule has 0 aliphatic heterocycles. The maximum Gasteiger partial charge on any atom is 0.113 e. The minimum atomic E-state index is 0.530. The summed E-state index contributed by atoms with van der Waals surface area (Å²) >= 11 is 0. The third-order valence-electron chi connectivity index (χ3n) is 3.22. The fourth-order valence-corrected chi connectivity index (χ4v) is 2.28. The Morgan fingerprint density at radius 3 is 2.44 bits per heavy atom. The lowest BCUT2D eigenvalue weighted by Crippen LogP contribution is -2.37. The highest BCUT2D eigenvalue weighted by molar-refractivity contribution is 5.84. The van der Waals surface area contributed by atoms with Crippen molar-refractivity contribution in [3.05, 3.63) is 0 Å². The Labute approximate surface area is 98.6 Å². The van der Waals surface area contributed by atoms with Crippen molar-refractivity contribution >= 4 is 5.84 Å². The van der Waals surface area contributed by atoms with Crippen molar-refractivity contribution in [2.24, 2.45) is 16.8 Å². The molecular formula is C12H25N3O. The quantitative estimate of drug-likeness (QED) is 0.253.